The zero-order valence-electron chi connectivity index (χ0n) is 6.98. The molecule has 1 heterocycles. The maximum Gasteiger partial charge on any atom is 0.180 e. The van der Waals surface area contributed by atoms with Gasteiger partial charge in [-0.05, 0) is 12.8 Å². The van der Waals surface area contributed by atoms with Gasteiger partial charge >= 0.3 is 0 Å². The van der Waals surface area contributed by atoms with Gasteiger partial charge in [-0.2, -0.15) is 0 Å². The first-order valence-electron chi connectivity index (χ1n) is 3.92. The van der Waals surface area contributed by atoms with E-state index in [1.807, 2.05) is 6.92 Å². The van der Waals surface area contributed by atoms with Gasteiger partial charge in [0.2, 0.25) is 0 Å². The second kappa shape index (κ2) is 2.60. The number of hydrogen-bond donors (Lipinski definition) is 0. The van der Waals surface area contributed by atoms with Gasteiger partial charge in [-0.1, -0.05) is 13.8 Å². The molecule has 0 aromatic heterocycles. The van der Waals surface area contributed by atoms with Crippen LogP contribution in [0.3, 0.4) is 0 Å². The Labute approximate surface area is 62.3 Å². The minimum absolute atomic E-state index is 0.0457. The minimum Gasteiger partial charge on any atom is -0.473 e. The second-order valence-electron chi connectivity index (χ2n) is 2.83. The van der Waals surface area contributed by atoms with Crippen LogP contribution in [0.25, 0.3) is 0 Å². The van der Waals surface area contributed by atoms with E-state index >= 15 is 0 Å². The smallest absolute Gasteiger partial charge is 0.180 e. The van der Waals surface area contributed by atoms with E-state index in [0.717, 1.165) is 25.3 Å². The van der Waals surface area contributed by atoms with E-state index in [1.165, 1.54) is 0 Å². The normalized spacial score (nSPS) is 22.1. The summed E-state index contributed by atoms with van der Waals surface area (Å²) >= 11 is 0. The Bertz CT molecular complexity index is 147. The van der Waals surface area contributed by atoms with Crippen molar-refractivity contribution in [3.8, 4) is 0 Å². The largest absolute Gasteiger partial charge is 0.473 e. The molecule has 0 saturated heterocycles. The van der Waals surface area contributed by atoms with Crippen LogP contribution in [-0.4, -0.2) is 18.0 Å². The van der Waals surface area contributed by atoms with Gasteiger partial charge in [0.05, 0.1) is 6.54 Å². The summed E-state index contributed by atoms with van der Waals surface area (Å²) in [4.78, 5) is 4.23. The van der Waals surface area contributed by atoms with Crippen molar-refractivity contribution in [2.45, 2.75) is 39.2 Å². The maximum absolute atomic E-state index is 5.60. The molecule has 1 aliphatic rings. The van der Waals surface area contributed by atoms with Crippen LogP contribution in [0.1, 0.15) is 33.6 Å². The number of nitrogens with zero attached hydrogens (tertiary/aromatic N) is 1. The average Bonchev–Trinajstić information content (AvgIpc) is 2.33. The van der Waals surface area contributed by atoms with E-state index < -0.39 is 0 Å². The highest BCUT2D eigenvalue weighted by molar-refractivity contribution is 5.75. The van der Waals surface area contributed by atoms with E-state index in [-0.39, 0.29) is 5.60 Å². The lowest BCUT2D eigenvalue weighted by Crippen LogP contribution is -2.30. The molecule has 1 aliphatic heterocycles. The Morgan fingerprint density at radius 1 is 1.50 bits per heavy atom. The van der Waals surface area contributed by atoms with Crippen molar-refractivity contribution in [2.75, 3.05) is 6.54 Å². The first-order valence-corrected chi connectivity index (χ1v) is 3.92. The summed E-state index contributed by atoms with van der Waals surface area (Å²) < 4.78 is 5.60. The van der Waals surface area contributed by atoms with Crippen LogP contribution in [0.4, 0.5) is 0 Å². The van der Waals surface area contributed by atoms with Gasteiger partial charge in [0.1, 0.15) is 5.60 Å². The third-order valence-corrected chi connectivity index (χ3v) is 2.24. The highest BCUT2D eigenvalue weighted by Crippen LogP contribution is 2.25. The maximum atomic E-state index is 5.60. The van der Waals surface area contributed by atoms with E-state index in [4.69, 9.17) is 4.74 Å². The SMILES string of the molecule is CCC1(CC)CN=C(C)O1. The van der Waals surface area contributed by atoms with Crippen molar-refractivity contribution in [1.82, 2.24) is 0 Å². The molecular formula is C8H15NO. The summed E-state index contributed by atoms with van der Waals surface area (Å²) in [5.74, 6) is 0.851. The van der Waals surface area contributed by atoms with Crippen LogP contribution in [0.5, 0.6) is 0 Å². The van der Waals surface area contributed by atoms with Crippen molar-refractivity contribution < 1.29 is 4.74 Å². The fraction of sp³-hybridized carbons (Fsp3) is 0.875. The van der Waals surface area contributed by atoms with Crippen LogP contribution in [-0.2, 0) is 4.74 Å². The third kappa shape index (κ3) is 1.15. The molecule has 0 aromatic carbocycles. The molecule has 0 N–H and O–H groups in total. The quantitative estimate of drug-likeness (QED) is 0.576. The van der Waals surface area contributed by atoms with Gasteiger partial charge in [-0.15, -0.1) is 0 Å². The molecule has 2 nitrogen and oxygen atoms in total. The monoisotopic (exact) mass is 141 g/mol. The van der Waals surface area contributed by atoms with Crippen molar-refractivity contribution in [2.24, 2.45) is 4.99 Å². The third-order valence-electron chi connectivity index (χ3n) is 2.24. The molecular weight excluding hydrogens is 126 g/mol. The molecule has 0 atom stereocenters. The molecule has 0 spiro atoms. The van der Waals surface area contributed by atoms with Crippen LogP contribution >= 0.6 is 0 Å². The number of ether oxygens (including phenoxy) is 1. The first kappa shape index (κ1) is 7.58. The summed E-state index contributed by atoms with van der Waals surface area (Å²) in [7, 11) is 0. The van der Waals surface area contributed by atoms with Gasteiger partial charge in [-0.3, -0.25) is 4.99 Å². The van der Waals surface area contributed by atoms with E-state index in [2.05, 4.69) is 18.8 Å². The molecule has 0 amide bonds. The van der Waals surface area contributed by atoms with E-state index in [9.17, 15) is 0 Å². The van der Waals surface area contributed by atoms with E-state index in [0.29, 0.717) is 0 Å². The van der Waals surface area contributed by atoms with Gasteiger partial charge in [-0.25, -0.2) is 0 Å². The Balaban J connectivity index is 2.57. The van der Waals surface area contributed by atoms with E-state index in [1.54, 1.807) is 0 Å². The van der Waals surface area contributed by atoms with Crippen LogP contribution in [0.15, 0.2) is 4.99 Å². The number of hydrogen-bond acceptors (Lipinski definition) is 2. The lowest BCUT2D eigenvalue weighted by molar-refractivity contribution is 0.0780. The van der Waals surface area contributed by atoms with Crippen LogP contribution in [0, 0.1) is 0 Å². The Morgan fingerprint density at radius 3 is 2.30 bits per heavy atom. The van der Waals surface area contributed by atoms with Crippen LogP contribution < -0.4 is 0 Å². The summed E-state index contributed by atoms with van der Waals surface area (Å²) in [6, 6.07) is 0. The molecule has 1 rings (SSSR count). The van der Waals surface area contributed by atoms with Crippen molar-refractivity contribution in [3.63, 3.8) is 0 Å². The molecule has 0 fully saturated rings. The molecule has 0 bridgehead atoms. The number of aliphatic imine (C=N–C) groups is 1. The second-order valence-corrected chi connectivity index (χ2v) is 2.83. The molecule has 0 radical (unpaired) electrons. The molecule has 10 heavy (non-hydrogen) atoms. The van der Waals surface area contributed by atoms with Gasteiger partial charge in [0.25, 0.3) is 0 Å². The van der Waals surface area contributed by atoms with Crippen molar-refractivity contribution in [3.05, 3.63) is 0 Å². The Hall–Kier alpha value is -0.530. The minimum atomic E-state index is 0.0457. The summed E-state index contributed by atoms with van der Waals surface area (Å²) in [5, 5.41) is 0. The zero-order chi connectivity index (χ0) is 7.61. The highest BCUT2D eigenvalue weighted by atomic mass is 16.5. The molecule has 0 aromatic rings. The fourth-order valence-corrected chi connectivity index (χ4v) is 1.25. The Morgan fingerprint density at radius 2 is 2.10 bits per heavy atom. The van der Waals surface area contributed by atoms with Crippen LogP contribution in [0.2, 0.25) is 0 Å². The zero-order valence-corrected chi connectivity index (χ0v) is 6.98. The first-order chi connectivity index (χ1) is 4.72. The highest BCUT2D eigenvalue weighted by Gasteiger charge is 2.32. The molecule has 58 valence electrons. The lowest BCUT2D eigenvalue weighted by atomic mass is 9.98. The summed E-state index contributed by atoms with van der Waals surface area (Å²) in [6.07, 6.45) is 2.12. The number of rotatable bonds is 2. The lowest BCUT2D eigenvalue weighted by Gasteiger charge is -2.24. The average molecular weight is 141 g/mol. The predicted octanol–water partition coefficient (Wildman–Crippen LogP) is 1.99. The Kier molecular flexibility index (Phi) is 1.97. The summed E-state index contributed by atoms with van der Waals surface area (Å²) in [5.41, 5.74) is 0.0457. The topological polar surface area (TPSA) is 21.6 Å². The summed E-state index contributed by atoms with van der Waals surface area (Å²) in [6.45, 7) is 7.08. The molecule has 0 saturated carbocycles. The van der Waals surface area contributed by atoms with Crippen molar-refractivity contribution in [1.29, 1.82) is 0 Å². The predicted molar refractivity (Wildman–Crippen MR) is 42.4 cm³/mol. The van der Waals surface area contributed by atoms with Gasteiger partial charge in [0, 0.05) is 6.92 Å². The standard InChI is InChI=1S/C8H15NO/c1-4-8(5-2)6-9-7(3)10-8/h4-6H2,1-3H3. The molecule has 0 aliphatic carbocycles. The van der Waals surface area contributed by atoms with Gasteiger partial charge in [0.15, 0.2) is 5.90 Å². The fourth-order valence-electron chi connectivity index (χ4n) is 1.25. The molecule has 2 heteroatoms. The van der Waals surface area contributed by atoms with Crippen molar-refractivity contribution >= 4 is 5.90 Å². The molecule has 0 unspecified atom stereocenters. The van der Waals surface area contributed by atoms with Gasteiger partial charge < -0.3 is 4.74 Å².